The fraction of sp³-hybridized carbons (Fsp3) is 0.379. The van der Waals surface area contributed by atoms with Crippen molar-refractivity contribution in [2.75, 3.05) is 39.2 Å². The number of halogens is 1. The molecule has 39 heavy (non-hydrogen) atoms. The molecule has 1 saturated heterocycles. The summed E-state index contributed by atoms with van der Waals surface area (Å²) in [4.78, 5) is 30.2. The minimum absolute atomic E-state index is 0.165. The van der Waals surface area contributed by atoms with Crippen molar-refractivity contribution in [1.29, 1.82) is 0 Å². The summed E-state index contributed by atoms with van der Waals surface area (Å²) in [5.41, 5.74) is 1.22. The topological polar surface area (TPSA) is 93.5 Å². The molecule has 0 spiro atoms. The highest BCUT2D eigenvalue weighted by Gasteiger charge is 2.27. The number of amides is 3. The Balaban J connectivity index is 1.54. The van der Waals surface area contributed by atoms with Crippen LogP contribution in [0.1, 0.15) is 29.9 Å². The van der Waals surface area contributed by atoms with Crippen LogP contribution in [0.25, 0.3) is 0 Å². The molecule has 1 aliphatic heterocycles. The Morgan fingerprint density at radius 2 is 1.72 bits per heavy atom. The fourth-order valence-corrected chi connectivity index (χ4v) is 4.40. The van der Waals surface area contributed by atoms with E-state index >= 15 is 0 Å². The van der Waals surface area contributed by atoms with Gasteiger partial charge in [0.25, 0.3) is 0 Å². The monoisotopic (exact) mass is 539 g/mol. The highest BCUT2D eigenvalue weighted by Crippen LogP contribution is 2.26. The predicted molar refractivity (Wildman–Crippen MR) is 143 cm³/mol. The maximum absolute atomic E-state index is 13.7. The molecular weight excluding hydrogens is 505 g/mol. The van der Waals surface area contributed by atoms with Crippen molar-refractivity contribution in [3.05, 3.63) is 77.5 Å². The lowest BCUT2D eigenvalue weighted by Crippen LogP contribution is -2.46. The van der Waals surface area contributed by atoms with E-state index in [1.54, 1.807) is 35.2 Å². The highest BCUT2D eigenvalue weighted by atomic mass is 19.1. The van der Waals surface area contributed by atoms with E-state index in [1.165, 1.54) is 31.3 Å². The molecule has 0 saturated carbocycles. The molecule has 4 rings (SSSR count). The molecule has 3 amide bonds. The molecule has 9 nitrogen and oxygen atoms in total. The minimum atomic E-state index is -0.454. The Labute approximate surface area is 227 Å². The smallest absolute Gasteiger partial charge is 0.322 e. The van der Waals surface area contributed by atoms with Crippen molar-refractivity contribution in [3.63, 3.8) is 0 Å². The van der Waals surface area contributed by atoms with Crippen LogP contribution >= 0.6 is 0 Å². The molecule has 2 aromatic carbocycles. The van der Waals surface area contributed by atoms with E-state index in [9.17, 15) is 14.0 Å². The Bertz CT molecular complexity index is 1230. The number of urea groups is 1. The summed E-state index contributed by atoms with van der Waals surface area (Å²) in [6.45, 7) is 2.94. The number of benzene rings is 2. The SMILES string of the molecule is COc1cc(NC(=O)N(CC(=O)N(Cc2ccc(F)cc2)Cc2ccc(C)o2)C[C@@H]2CCCO2)cc(OC)c1. The number of rotatable bonds is 11. The molecule has 10 heteroatoms. The molecule has 1 fully saturated rings. The summed E-state index contributed by atoms with van der Waals surface area (Å²) >= 11 is 0. The zero-order chi connectivity index (χ0) is 27.8. The maximum Gasteiger partial charge on any atom is 0.322 e. The van der Waals surface area contributed by atoms with Crippen molar-refractivity contribution >= 4 is 17.6 Å². The van der Waals surface area contributed by atoms with Crippen LogP contribution < -0.4 is 14.8 Å². The first kappa shape index (κ1) is 28.0. The number of hydrogen-bond acceptors (Lipinski definition) is 6. The summed E-state index contributed by atoms with van der Waals surface area (Å²) in [5, 5.41) is 2.86. The predicted octanol–water partition coefficient (Wildman–Crippen LogP) is 4.99. The third kappa shape index (κ3) is 7.97. The van der Waals surface area contributed by atoms with Gasteiger partial charge in [0.1, 0.15) is 35.4 Å². The van der Waals surface area contributed by atoms with E-state index in [-0.39, 0.29) is 44.0 Å². The van der Waals surface area contributed by atoms with Gasteiger partial charge in [-0.2, -0.15) is 0 Å². The van der Waals surface area contributed by atoms with Gasteiger partial charge < -0.3 is 33.7 Å². The average Bonchev–Trinajstić information content (AvgIpc) is 3.60. The van der Waals surface area contributed by atoms with Crippen LogP contribution in [0.3, 0.4) is 0 Å². The maximum atomic E-state index is 13.7. The van der Waals surface area contributed by atoms with E-state index in [4.69, 9.17) is 18.6 Å². The highest BCUT2D eigenvalue weighted by molar-refractivity contribution is 5.92. The standard InChI is InChI=1S/C29H34FN3O6/c1-20-6-11-25(39-20)18-32(16-21-7-9-22(30)10-8-21)28(34)19-33(17-24-5-4-12-38-24)29(35)31-23-13-26(36-2)15-27(14-23)37-3/h6-11,13-15,24H,4-5,12,16-19H2,1-3H3,(H,31,35)/t24-/m0/s1. The lowest BCUT2D eigenvalue weighted by Gasteiger charge is -2.29. The second-order valence-electron chi connectivity index (χ2n) is 9.44. The Morgan fingerprint density at radius 1 is 1.00 bits per heavy atom. The summed E-state index contributed by atoms with van der Waals surface area (Å²) in [6, 6.07) is 14.2. The van der Waals surface area contributed by atoms with Gasteiger partial charge in [0, 0.05) is 43.6 Å². The van der Waals surface area contributed by atoms with Gasteiger partial charge in [-0.3, -0.25) is 4.79 Å². The number of hydrogen-bond donors (Lipinski definition) is 1. The number of nitrogens with one attached hydrogen (secondary N) is 1. The largest absolute Gasteiger partial charge is 0.497 e. The van der Waals surface area contributed by atoms with E-state index in [0.29, 0.717) is 29.6 Å². The first-order chi connectivity index (χ1) is 18.8. The van der Waals surface area contributed by atoms with E-state index in [1.807, 2.05) is 19.1 Å². The number of furan rings is 1. The van der Waals surface area contributed by atoms with Gasteiger partial charge >= 0.3 is 6.03 Å². The van der Waals surface area contributed by atoms with Crippen molar-refractivity contribution < 1.29 is 32.6 Å². The number of ether oxygens (including phenoxy) is 3. The summed E-state index contributed by atoms with van der Waals surface area (Å²) in [5.74, 6) is 1.74. The van der Waals surface area contributed by atoms with E-state index < -0.39 is 6.03 Å². The van der Waals surface area contributed by atoms with E-state index in [2.05, 4.69) is 5.32 Å². The fourth-order valence-electron chi connectivity index (χ4n) is 4.40. The van der Waals surface area contributed by atoms with Gasteiger partial charge in [0.15, 0.2) is 0 Å². The number of nitrogens with zero attached hydrogens (tertiary/aromatic N) is 2. The van der Waals surface area contributed by atoms with Crippen molar-refractivity contribution in [3.8, 4) is 11.5 Å². The van der Waals surface area contributed by atoms with Crippen LogP contribution in [0.2, 0.25) is 0 Å². The summed E-state index contributed by atoms with van der Waals surface area (Å²) in [6.07, 6.45) is 1.53. The lowest BCUT2D eigenvalue weighted by atomic mass is 10.2. The molecular formula is C29H34FN3O6. The van der Waals surface area contributed by atoms with Gasteiger partial charge in [-0.15, -0.1) is 0 Å². The zero-order valence-electron chi connectivity index (χ0n) is 22.4. The van der Waals surface area contributed by atoms with Crippen LogP contribution in [0, 0.1) is 12.7 Å². The summed E-state index contributed by atoms with van der Waals surface area (Å²) in [7, 11) is 3.05. The van der Waals surface area contributed by atoms with Crippen LogP contribution in [-0.2, 0) is 22.6 Å². The van der Waals surface area contributed by atoms with Crippen LogP contribution in [0.4, 0.5) is 14.9 Å². The van der Waals surface area contributed by atoms with Gasteiger partial charge in [-0.05, 0) is 49.6 Å². The van der Waals surface area contributed by atoms with Crippen molar-refractivity contribution in [1.82, 2.24) is 9.80 Å². The number of aryl methyl sites for hydroxylation is 1. The first-order valence-electron chi connectivity index (χ1n) is 12.8. The van der Waals surface area contributed by atoms with E-state index in [0.717, 1.165) is 24.2 Å². The van der Waals surface area contributed by atoms with Crippen LogP contribution in [0.5, 0.6) is 11.5 Å². The van der Waals surface area contributed by atoms with Gasteiger partial charge in [-0.25, -0.2) is 9.18 Å². The molecule has 208 valence electrons. The summed E-state index contributed by atoms with van der Waals surface area (Å²) < 4.78 is 35.6. The minimum Gasteiger partial charge on any atom is -0.497 e. The molecule has 3 aromatic rings. The quantitative estimate of drug-likeness (QED) is 0.369. The van der Waals surface area contributed by atoms with Gasteiger partial charge in [-0.1, -0.05) is 12.1 Å². The third-order valence-electron chi connectivity index (χ3n) is 6.45. The van der Waals surface area contributed by atoms with Crippen molar-refractivity contribution in [2.45, 2.75) is 39.0 Å². The Morgan fingerprint density at radius 3 is 2.31 bits per heavy atom. The molecule has 1 atom stereocenters. The Kier molecular flexibility index (Phi) is 9.43. The number of carbonyl (C=O) groups excluding carboxylic acids is 2. The Hall–Kier alpha value is -4.05. The molecule has 0 radical (unpaired) electrons. The second-order valence-corrected chi connectivity index (χ2v) is 9.44. The third-order valence-corrected chi connectivity index (χ3v) is 6.45. The normalized spacial score (nSPS) is 14.6. The van der Waals surface area contributed by atoms with Crippen molar-refractivity contribution in [2.24, 2.45) is 0 Å². The van der Waals surface area contributed by atoms with Gasteiger partial charge in [0.2, 0.25) is 5.91 Å². The zero-order valence-corrected chi connectivity index (χ0v) is 22.4. The lowest BCUT2D eigenvalue weighted by molar-refractivity contribution is -0.133. The molecule has 2 heterocycles. The van der Waals surface area contributed by atoms with Crippen LogP contribution in [0.15, 0.2) is 59.0 Å². The second kappa shape index (κ2) is 13.1. The molecule has 1 aliphatic rings. The molecule has 0 unspecified atom stereocenters. The van der Waals surface area contributed by atoms with Crippen LogP contribution in [-0.4, -0.2) is 61.8 Å². The molecule has 0 bridgehead atoms. The molecule has 1 aromatic heterocycles. The first-order valence-corrected chi connectivity index (χ1v) is 12.8. The average molecular weight is 540 g/mol. The number of carbonyl (C=O) groups is 2. The molecule has 0 aliphatic carbocycles. The molecule has 1 N–H and O–H groups in total. The van der Waals surface area contributed by atoms with Gasteiger partial charge in [0.05, 0.1) is 26.9 Å². The number of methoxy groups -OCH3 is 2. The number of anilines is 1.